The summed E-state index contributed by atoms with van der Waals surface area (Å²) in [6.45, 7) is 4.68. The number of benzene rings is 1. The van der Waals surface area contributed by atoms with Crippen LogP contribution in [0, 0.1) is 0 Å². The van der Waals surface area contributed by atoms with Crippen molar-refractivity contribution < 1.29 is 9.47 Å². The number of halogens is 2. The second kappa shape index (κ2) is 11.9. The lowest BCUT2D eigenvalue weighted by Gasteiger charge is -2.12. The first-order valence-corrected chi connectivity index (χ1v) is 6.92. The van der Waals surface area contributed by atoms with Crippen molar-refractivity contribution in [3.63, 3.8) is 0 Å². The van der Waals surface area contributed by atoms with Gasteiger partial charge in [0.05, 0.1) is 20.3 Å². The minimum atomic E-state index is 0. The molecule has 0 aliphatic heterocycles. The molecule has 0 spiro atoms. The summed E-state index contributed by atoms with van der Waals surface area (Å²) in [5, 5.41) is 7.02. The number of methoxy groups -OCH3 is 2. The molecule has 21 heavy (non-hydrogen) atoms. The van der Waals surface area contributed by atoms with Crippen molar-refractivity contribution in [2.75, 3.05) is 33.9 Å². The molecule has 0 amide bonds. The normalized spacial score (nSPS) is 10.8. The molecule has 2 N–H and O–H groups in total. The molecule has 0 bridgehead atoms. The molecule has 7 heteroatoms. The highest BCUT2D eigenvalue weighted by Gasteiger charge is 2.04. The van der Waals surface area contributed by atoms with Gasteiger partial charge in [-0.2, -0.15) is 0 Å². The molecule has 0 heterocycles. The van der Waals surface area contributed by atoms with Crippen molar-refractivity contribution in [3.8, 4) is 5.75 Å². The molecular formula is C14H23ClIN3O2. The first-order valence-electron chi connectivity index (χ1n) is 6.54. The van der Waals surface area contributed by atoms with Crippen LogP contribution in [0.2, 0.25) is 5.02 Å². The molecular weight excluding hydrogens is 405 g/mol. The fraction of sp³-hybridized carbons (Fsp3) is 0.500. The lowest BCUT2D eigenvalue weighted by atomic mass is 10.2. The van der Waals surface area contributed by atoms with Gasteiger partial charge in [0.2, 0.25) is 0 Å². The third-order valence-electron chi connectivity index (χ3n) is 2.60. The first kappa shape index (κ1) is 20.3. The van der Waals surface area contributed by atoms with Gasteiger partial charge in [-0.25, -0.2) is 4.99 Å². The molecule has 0 atom stereocenters. The van der Waals surface area contributed by atoms with E-state index in [9.17, 15) is 0 Å². The highest BCUT2D eigenvalue weighted by Crippen LogP contribution is 2.23. The van der Waals surface area contributed by atoms with Gasteiger partial charge in [-0.15, -0.1) is 24.0 Å². The Labute approximate surface area is 148 Å². The predicted molar refractivity (Wildman–Crippen MR) is 98.1 cm³/mol. The molecule has 0 unspecified atom stereocenters. The Kier molecular flexibility index (Phi) is 11.5. The van der Waals surface area contributed by atoms with Crippen molar-refractivity contribution >= 4 is 41.5 Å². The Hall–Kier alpha value is -0.730. The lowest BCUT2D eigenvalue weighted by Crippen LogP contribution is -2.38. The maximum atomic E-state index is 5.94. The fourth-order valence-electron chi connectivity index (χ4n) is 1.63. The van der Waals surface area contributed by atoms with Gasteiger partial charge in [-0.1, -0.05) is 17.7 Å². The smallest absolute Gasteiger partial charge is 0.191 e. The lowest BCUT2D eigenvalue weighted by molar-refractivity contribution is 0.203. The number of aliphatic imine (C=N–C) groups is 1. The Morgan fingerprint density at radius 3 is 2.67 bits per heavy atom. The van der Waals surface area contributed by atoms with E-state index >= 15 is 0 Å². The van der Waals surface area contributed by atoms with E-state index in [1.165, 1.54) is 0 Å². The maximum Gasteiger partial charge on any atom is 0.191 e. The van der Waals surface area contributed by atoms with Crippen molar-refractivity contribution in [1.29, 1.82) is 0 Å². The largest absolute Gasteiger partial charge is 0.496 e. The van der Waals surface area contributed by atoms with Crippen molar-refractivity contribution in [2.45, 2.75) is 13.5 Å². The number of hydrogen-bond donors (Lipinski definition) is 2. The van der Waals surface area contributed by atoms with Crippen LogP contribution in [0.3, 0.4) is 0 Å². The average Bonchev–Trinajstić information content (AvgIpc) is 2.45. The summed E-state index contributed by atoms with van der Waals surface area (Å²) >= 11 is 5.94. The monoisotopic (exact) mass is 427 g/mol. The van der Waals surface area contributed by atoms with Crippen LogP contribution < -0.4 is 15.4 Å². The zero-order valence-electron chi connectivity index (χ0n) is 12.6. The quantitative estimate of drug-likeness (QED) is 0.304. The van der Waals surface area contributed by atoms with E-state index in [0.29, 0.717) is 24.7 Å². The van der Waals surface area contributed by atoms with Crippen LogP contribution in [0.5, 0.6) is 5.75 Å². The summed E-state index contributed by atoms with van der Waals surface area (Å²) in [7, 11) is 3.30. The molecule has 0 aromatic heterocycles. The summed E-state index contributed by atoms with van der Waals surface area (Å²) in [5.41, 5.74) is 0.987. The van der Waals surface area contributed by atoms with Gasteiger partial charge in [-0.05, 0) is 19.1 Å². The molecule has 1 aromatic rings. The van der Waals surface area contributed by atoms with Crippen LogP contribution in [0.1, 0.15) is 12.5 Å². The minimum absolute atomic E-state index is 0. The van der Waals surface area contributed by atoms with Crippen molar-refractivity contribution in [3.05, 3.63) is 28.8 Å². The van der Waals surface area contributed by atoms with E-state index in [2.05, 4.69) is 15.6 Å². The van der Waals surface area contributed by atoms with Crippen LogP contribution in [-0.4, -0.2) is 39.9 Å². The van der Waals surface area contributed by atoms with Crippen LogP contribution in [0.25, 0.3) is 0 Å². The van der Waals surface area contributed by atoms with E-state index in [1.54, 1.807) is 20.3 Å². The molecule has 0 fully saturated rings. The summed E-state index contributed by atoms with van der Waals surface area (Å²) in [5.74, 6) is 1.50. The number of hydrogen-bond acceptors (Lipinski definition) is 3. The second-order valence-electron chi connectivity index (χ2n) is 4.07. The first-order chi connectivity index (χ1) is 9.71. The zero-order valence-corrected chi connectivity index (χ0v) is 15.7. The van der Waals surface area contributed by atoms with Gasteiger partial charge in [0.1, 0.15) is 5.75 Å². The highest BCUT2D eigenvalue weighted by molar-refractivity contribution is 14.0. The summed E-state index contributed by atoms with van der Waals surface area (Å²) in [6, 6.07) is 5.54. The Bertz CT molecular complexity index is 444. The Morgan fingerprint density at radius 2 is 2.05 bits per heavy atom. The molecule has 1 aromatic carbocycles. The van der Waals surface area contributed by atoms with Gasteiger partial charge in [0.15, 0.2) is 5.96 Å². The molecule has 0 saturated carbocycles. The summed E-state index contributed by atoms with van der Waals surface area (Å²) < 4.78 is 10.3. The molecule has 0 saturated heterocycles. The van der Waals surface area contributed by atoms with Gasteiger partial charge in [0, 0.05) is 30.8 Å². The molecule has 120 valence electrons. The van der Waals surface area contributed by atoms with Gasteiger partial charge >= 0.3 is 0 Å². The van der Waals surface area contributed by atoms with E-state index in [0.717, 1.165) is 23.8 Å². The van der Waals surface area contributed by atoms with Crippen LogP contribution >= 0.6 is 35.6 Å². The van der Waals surface area contributed by atoms with Crippen LogP contribution in [-0.2, 0) is 11.3 Å². The molecule has 0 aliphatic rings. The Balaban J connectivity index is 0.00000400. The number of guanidine groups is 1. The number of nitrogens with one attached hydrogen (secondary N) is 2. The zero-order chi connectivity index (χ0) is 14.8. The van der Waals surface area contributed by atoms with Crippen LogP contribution in [0.4, 0.5) is 0 Å². The van der Waals surface area contributed by atoms with Gasteiger partial charge < -0.3 is 20.1 Å². The highest BCUT2D eigenvalue weighted by atomic mass is 127. The Morgan fingerprint density at radius 1 is 1.29 bits per heavy atom. The van der Waals surface area contributed by atoms with Crippen molar-refractivity contribution in [2.24, 2.45) is 4.99 Å². The van der Waals surface area contributed by atoms with Gasteiger partial charge in [0.25, 0.3) is 0 Å². The number of nitrogens with zero attached hydrogens (tertiary/aromatic N) is 1. The van der Waals surface area contributed by atoms with Crippen molar-refractivity contribution in [1.82, 2.24) is 10.6 Å². The summed E-state index contributed by atoms with van der Waals surface area (Å²) in [4.78, 5) is 4.51. The minimum Gasteiger partial charge on any atom is -0.496 e. The van der Waals surface area contributed by atoms with Gasteiger partial charge in [-0.3, -0.25) is 0 Å². The predicted octanol–water partition coefficient (Wildman–Crippen LogP) is 2.67. The third kappa shape index (κ3) is 7.73. The molecule has 0 radical (unpaired) electrons. The van der Waals surface area contributed by atoms with Crippen LogP contribution in [0.15, 0.2) is 23.2 Å². The third-order valence-corrected chi connectivity index (χ3v) is 2.83. The number of rotatable bonds is 7. The van der Waals surface area contributed by atoms with E-state index in [-0.39, 0.29) is 24.0 Å². The van der Waals surface area contributed by atoms with E-state index < -0.39 is 0 Å². The number of ether oxygens (including phenoxy) is 2. The molecule has 1 rings (SSSR count). The second-order valence-corrected chi connectivity index (χ2v) is 4.51. The topological polar surface area (TPSA) is 54.9 Å². The molecule has 0 aliphatic carbocycles. The SMILES string of the molecule is CCNC(=NCc1ccc(Cl)cc1OC)NCCOC.I. The van der Waals surface area contributed by atoms with E-state index in [1.807, 2.05) is 19.1 Å². The maximum absolute atomic E-state index is 5.94. The molecule has 5 nitrogen and oxygen atoms in total. The standard InChI is InChI=1S/C14H22ClN3O2.HI/c1-4-16-14(17-7-8-19-2)18-10-11-5-6-12(15)9-13(11)20-3;/h5-6,9H,4,7-8,10H2,1-3H3,(H2,16,17,18);1H. The van der Waals surface area contributed by atoms with E-state index in [4.69, 9.17) is 21.1 Å². The fourth-order valence-corrected chi connectivity index (χ4v) is 1.79. The summed E-state index contributed by atoms with van der Waals surface area (Å²) in [6.07, 6.45) is 0. The average molecular weight is 428 g/mol.